The fraction of sp³-hybridized carbons (Fsp3) is 0.917. The molecule has 1 atom stereocenters. The average Bonchev–Trinajstić information content (AvgIpc) is 2.25. The fourth-order valence-electron chi connectivity index (χ4n) is 1.52. The highest BCUT2D eigenvalue weighted by Gasteiger charge is 2.07. The minimum absolute atomic E-state index is 0.0454. The molecule has 0 spiro atoms. The van der Waals surface area contributed by atoms with E-state index in [2.05, 4.69) is 6.92 Å². The second kappa shape index (κ2) is 11.7. The predicted molar refractivity (Wildman–Crippen MR) is 60.8 cm³/mol. The van der Waals surface area contributed by atoms with E-state index >= 15 is 0 Å². The third kappa shape index (κ3) is 9.88. The van der Waals surface area contributed by atoms with Crippen molar-refractivity contribution in [2.75, 3.05) is 13.9 Å². The second-order valence-electron chi connectivity index (χ2n) is 3.80. The van der Waals surface area contributed by atoms with Gasteiger partial charge in [-0.05, 0) is 6.42 Å². The topological polar surface area (TPSA) is 35.5 Å². The fourth-order valence-corrected chi connectivity index (χ4v) is 1.52. The Balaban J connectivity index is 3.42. The SMILES string of the molecule is CCCCCCC[C@H](CC=O)OCOC. The molecule has 0 aromatic carbocycles. The number of aldehydes is 1. The van der Waals surface area contributed by atoms with E-state index in [1.165, 1.54) is 25.7 Å². The van der Waals surface area contributed by atoms with E-state index in [4.69, 9.17) is 9.47 Å². The van der Waals surface area contributed by atoms with Gasteiger partial charge in [0.1, 0.15) is 13.1 Å². The van der Waals surface area contributed by atoms with Crippen LogP contribution in [0.3, 0.4) is 0 Å². The molecule has 0 saturated heterocycles. The summed E-state index contributed by atoms with van der Waals surface area (Å²) in [6.07, 6.45) is 8.64. The minimum atomic E-state index is 0.0454. The number of carbonyl (C=O) groups excluding carboxylic acids is 1. The number of hydrogen-bond donors (Lipinski definition) is 0. The van der Waals surface area contributed by atoms with E-state index < -0.39 is 0 Å². The largest absolute Gasteiger partial charge is 0.359 e. The zero-order valence-corrected chi connectivity index (χ0v) is 10.0. The van der Waals surface area contributed by atoms with Crippen LogP contribution in [0, 0.1) is 0 Å². The van der Waals surface area contributed by atoms with E-state index in [-0.39, 0.29) is 12.9 Å². The van der Waals surface area contributed by atoms with Crippen molar-refractivity contribution in [1.82, 2.24) is 0 Å². The highest BCUT2D eigenvalue weighted by atomic mass is 16.7. The molecule has 0 aliphatic carbocycles. The van der Waals surface area contributed by atoms with Gasteiger partial charge in [0.25, 0.3) is 0 Å². The Morgan fingerprint density at radius 2 is 1.93 bits per heavy atom. The Hall–Kier alpha value is -0.410. The van der Waals surface area contributed by atoms with Crippen LogP contribution in [-0.2, 0) is 14.3 Å². The van der Waals surface area contributed by atoms with Crippen LogP contribution >= 0.6 is 0 Å². The first-order chi connectivity index (χ1) is 7.35. The van der Waals surface area contributed by atoms with Crippen molar-refractivity contribution in [1.29, 1.82) is 0 Å². The van der Waals surface area contributed by atoms with E-state index in [0.29, 0.717) is 6.42 Å². The first-order valence-electron chi connectivity index (χ1n) is 5.89. The lowest BCUT2D eigenvalue weighted by atomic mass is 10.1. The molecule has 0 N–H and O–H groups in total. The molecular formula is C12H24O3. The van der Waals surface area contributed by atoms with Crippen molar-refractivity contribution in [2.45, 2.75) is 58.0 Å². The van der Waals surface area contributed by atoms with Crippen LogP contribution in [-0.4, -0.2) is 26.3 Å². The molecule has 0 saturated carbocycles. The molecule has 0 heterocycles. The number of carbonyl (C=O) groups is 1. The Morgan fingerprint density at radius 1 is 1.20 bits per heavy atom. The van der Waals surface area contributed by atoms with Crippen LogP contribution in [0.5, 0.6) is 0 Å². The molecule has 0 bridgehead atoms. The molecule has 3 heteroatoms. The molecule has 0 amide bonds. The van der Waals surface area contributed by atoms with Gasteiger partial charge in [-0.25, -0.2) is 0 Å². The van der Waals surface area contributed by atoms with E-state index in [1.54, 1.807) is 7.11 Å². The molecule has 0 rings (SSSR count). The molecule has 0 fully saturated rings. The van der Waals surface area contributed by atoms with Crippen LogP contribution in [0.25, 0.3) is 0 Å². The number of hydrogen-bond acceptors (Lipinski definition) is 3. The summed E-state index contributed by atoms with van der Waals surface area (Å²) >= 11 is 0. The third-order valence-electron chi connectivity index (χ3n) is 2.41. The maximum atomic E-state index is 10.4. The van der Waals surface area contributed by atoms with E-state index in [9.17, 15) is 4.79 Å². The van der Waals surface area contributed by atoms with Gasteiger partial charge in [-0.15, -0.1) is 0 Å². The van der Waals surface area contributed by atoms with E-state index in [0.717, 1.165) is 19.1 Å². The van der Waals surface area contributed by atoms with Crippen molar-refractivity contribution < 1.29 is 14.3 Å². The summed E-state index contributed by atoms with van der Waals surface area (Å²) in [5.41, 5.74) is 0. The normalized spacial score (nSPS) is 12.7. The van der Waals surface area contributed by atoms with Crippen LogP contribution in [0.15, 0.2) is 0 Å². The van der Waals surface area contributed by atoms with Gasteiger partial charge in [-0.1, -0.05) is 39.0 Å². The third-order valence-corrected chi connectivity index (χ3v) is 2.41. The van der Waals surface area contributed by atoms with Gasteiger partial charge >= 0.3 is 0 Å². The molecule has 0 aromatic rings. The molecule has 0 unspecified atom stereocenters. The van der Waals surface area contributed by atoms with Gasteiger partial charge in [0, 0.05) is 13.5 Å². The van der Waals surface area contributed by atoms with Crippen molar-refractivity contribution in [3.8, 4) is 0 Å². The molecule has 0 radical (unpaired) electrons. The van der Waals surface area contributed by atoms with Crippen LogP contribution in [0.4, 0.5) is 0 Å². The Labute approximate surface area is 93.1 Å². The zero-order chi connectivity index (χ0) is 11.4. The van der Waals surface area contributed by atoms with Crippen LogP contribution in [0.2, 0.25) is 0 Å². The van der Waals surface area contributed by atoms with Gasteiger partial charge in [-0.3, -0.25) is 0 Å². The molecule has 90 valence electrons. The average molecular weight is 216 g/mol. The maximum absolute atomic E-state index is 10.4. The lowest BCUT2D eigenvalue weighted by Gasteiger charge is -2.14. The molecule has 3 nitrogen and oxygen atoms in total. The Kier molecular flexibility index (Phi) is 11.3. The standard InChI is InChI=1S/C12H24O3/c1-3-4-5-6-7-8-12(9-10-13)15-11-14-2/h10,12H,3-9,11H2,1-2H3/t12-/m1/s1. The number of unbranched alkanes of at least 4 members (excludes halogenated alkanes) is 4. The summed E-state index contributed by atoms with van der Waals surface area (Å²) < 4.78 is 10.2. The number of rotatable bonds is 11. The Bertz CT molecular complexity index is 137. The summed E-state index contributed by atoms with van der Waals surface area (Å²) in [6, 6.07) is 0. The quantitative estimate of drug-likeness (QED) is 0.302. The number of ether oxygens (including phenoxy) is 2. The Morgan fingerprint density at radius 3 is 2.53 bits per heavy atom. The van der Waals surface area contributed by atoms with Crippen molar-refractivity contribution in [3.05, 3.63) is 0 Å². The van der Waals surface area contributed by atoms with Gasteiger partial charge < -0.3 is 14.3 Å². The van der Waals surface area contributed by atoms with Crippen molar-refractivity contribution in [3.63, 3.8) is 0 Å². The zero-order valence-electron chi connectivity index (χ0n) is 10.0. The summed E-state index contributed by atoms with van der Waals surface area (Å²) in [5.74, 6) is 0. The van der Waals surface area contributed by atoms with Gasteiger partial charge in [-0.2, -0.15) is 0 Å². The first-order valence-corrected chi connectivity index (χ1v) is 5.89. The van der Waals surface area contributed by atoms with Crippen LogP contribution < -0.4 is 0 Å². The lowest BCUT2D eigenvalue weighted by Crippen LogP contribution is -2.15. The highest BCUT2D eigenvalue weighted by Crippen LogP contribution is 2.11. The molecule has 0 aromatic heterocycles. The lowest BCUT2D eigenvalue weighted by molar-refractivity contribution is -0.115. The highest BCUT2D eigenvalue weighted by molar-refractivity contribution is 5.50. The maximum Gasteiger partial charge on any atom is 0.146 e. The summed E-state index contributed by atoms with van der Waals surface area (Å²) in [6.45, 7) is 2.49. The second-order valence-corrected chi connectivity index (χ2v) is 3.80. The predicted octanol–water partition coefficient (Wildman–Crippen LogP) is 2.93. The molecule has 0 aliphatic rings. The molecule has 15 heavy (non-hydrogen) atoms. The monoisotopic (exact) mass is 216 g/mol. The van der Waals surface area contributed by atoms with Crippen molar-refractivity contribution >= 4 is 6.29 Å². The van der Waals surface area contributed by atoms with Crippen molar-refractivity contribution in [2.24, 2.45) is 0 Å². The first kappa shape index (κ1) is 14.6. The minimum Gasteiger partial charge on any atom is -0.359 e. The van der Waals surface area contributed by atoms with Crippen LogP contribution in [0.1, 0.15) is 51.9 Å². The van der Waals surface area contributed by atoms with Gasteiger partial charge in [0.05, 0.1) is 6.10 Å². The van der Waals surface area contributed by atoms with E-state index in [1.807, 2.05) is 0 Å². The summed E-state index contributed by atoms with van der Waals surface area (Å²) in [5, 5.41) is 0. The summed E-state index contributed by atoms with van der Waals surface area (Å²) in [4.78, 5) is 10.4. The summed E-state index contributed by atoms with van der Waals surface area (Å²) in [7, 11) is 1.60. The smallest absolute Gasteiger partial charge is 0.146 e. The number of methoxy groups -OCH3 is 1. The van der Waals surface area contributed by atoms with Gasteiger partial charge in [0.2, 0.25) is 0 Å². The van der Waals surface area contributed by atoms with Gasteiger partial charge in [0.15, 0.2) is 0 Å². The molecular weight excluding hydrogens is 192 g/mol. The molecule has 0 aliphatic heterocycles.